The van der Waals surface area contributed by atoms with E-state index < -0.39 is 11.1 Å². The predicted octanol–water partition coefficient (Wildman–Crippen LogP) is 1.96. The van der Waals surface area contributed by atoms with Crippen molar-refractivity contribution in [2.75, 3.05) is 0 Å². The van der Waals surface area contributed by atoms with E-state index in [-0.39, 0.29) is 0 Å². The Labute approximate surface area is 80.6 Å². The molecule has 0 spiro atoms. The second-order valence-corrected chi connectivity index (χ2v) is 3.75. The molecule has 0 fully saturated rings. The Morgan fingerprint density at radius 2 is 2.31 bits per heavy atom. The maximum Gasteiger partial charge on any atom is 0.0286 e. The van der Waals surface area contributed by atoms with Gasteiger partial charge >= 0.3 is 0 Å². The Morgan fingerprint density at radius 3 is 2.85 bits per heavy atom. The normalized spacial score (nSPS) is 12.5. The molecule has 0 saturated heterocycles. The summed E-state index contributed by atoms with van der Waals surface area (Å²) >= 11 is -2.15. The van der Waals surface area contributed by atoms with Gasteiger partial charge in [0.2, 0.25) is 0 Å². The van der Waals surface area contributed by atoms with Crippen molar-refractivity contribution in [3.05, 3.63) is 42.0 Å². The van der Waals surface area contributed by atoms with Crippen LogP contribution in [0.4, 0.5) is 0 Å². The van der Waals surface area contributed by atoms with Gasteiger partial charge in [0.25, 0.3) is 0 Å². The van der Waals surface area contributed by atoms with Crippen molar-refractivity contribution < 1.29 is 8.76 Å². The molecule has 3 heteroatoms. The molecule has 1 atom stereocenters. The van der Waals surface area contributed by atoms with E-state index in [1.807, 2.05) is 19.1 Å². The summed E-state index contributed by atoms with van der Waals surface area (Å²) in [5.74, 6) is 0. The van der Waals surface area contributed by atoms with Gasteiger partial charge in [-0.25, -0.2) is 0 Å². The van der Waals surface area contributed by atoms with E-state index in [4.69, 9.17) is 0 Å². The molecular weight excluding hydrogens is 184 g/mol. The van der Waals surface area contributed by atoms with Gasteiger partial charge < -0.3 is 4.55 Å². The first-order chi connectivity index (χ1) is 6.15. The first-order valence-corrected chi connectivity index (χ1v) is 5.02. The van der Waals surface area contributed by atoms with Crippen LogP contribution in [0.1, 0.15) is 11.1 Å². The van der Waals surface area contributed by atoms with Crippen LogP contribution in [0.5, 0.6) is 0 Å². The topological polar surface area (TPSA) is 40.1 Å². The highest BCUT2D eigenvalue weighted by molar-refractivity contribution is 7.79. The largest absolute Gasteiger partial charge is 0.768 e. The quantitative estimate of drug-likeness (QED) is 0.546. The minimum atomic E-state index is -2.15. The molecule has 1 aromatic carbocycles. The molecule has 1 rings (SSSR count). The highest BCUT2D eigenvalue weighted by Gasteiger charge is 2.01. The van der Waals surface area contributed by atoms with Crippen LogP contribution in [0, 0.1) is 6.92 Å². The molecule has 1 unspecified atom stereocenters. The zero-order valence-corrected chi connectivity index (χ0v) is 8.26. The average Bonchev–Trinajstić information content (AvgIpc) is 2.08. The standard InChI is InChI=1S/C10H12O2S/c1-3-4-9-6-5-8(2)7-10(9)13(11)12/h3,5-7H,1,4H2,2H3,(H,11,12)/p-1. The number of hydrogen-bond acceptors (Lipinski definition) is 2. The predicted molar refractivity (Wildman–Crippen MR) is 52.3 cm³/mol. The highest BCUT2D eigenvalue weighted by atomic mass is 32.2. The van der Waals surface area contributed by atoms with Gasteiger partial charge in [0.05, 0.1) is 0 Å². The summed E-state index contributed by atoms with van der Waals surface area (Å²) in [7, 11) is 0. The second kappa shape index (κ2) is 4.35. The molecule has 0 bridgehead atoms. The van der Waals surface area contributed by atoms with E-state index in [9.17, 15) is 8.76 Å². The van der Waals surface area contributed by atoms with E-state index in [2.05, 4.69) is 6.58 Å². The first-order valence-electron chi connectivity index (χ1n) is 3.95. The minimum absolute atomic E-state index is 0.375. The highest BCUT2D eigenvalue weighted by Crippen LogP contribution is 2.15. The summed E-state index contributed by atoms with van der Waals surface area (Å²) < 4.78 is 21.6. The van der Waals surface area contributed by atoms with Gasteiger partial charge in [-0.1, -0.05) is 18.2 Å². The fourth-order valence-corrected chi connectivity index (χ4v) is 1.79. The lowest BCUT2D eigenvalue weighted by Crippen LogP contribution is -1.96. The Kier molecular flexibility index (Phi) is 3.39. The van der Waals surface area contributed by atoms with Crippen molar-refractivity contribution >= 4 is 11.1 Å². The monoisotopic (exact) mass is 195 g/mol. The van der Waals surface area contributed by atoms with E-state index in [1.54, 1.807) is 12.1 Å². The van der Waals surface area contributed by atoms with Crippen LogP contribution in [0.15, 0.2) is 35.7 Å². The molecular formula is C10H11O2S-. The molecule has 13 heavy (non-hydrogen) atoms. The molecule has 0 aliphatic heterocycles. The van der Waals surface area contributed by atoms with E-state index >= 15 is 0 Å². The van der Waals surface area contributed by atoms with Crippen LogP contribution in [-0.2, 0) is 17.5 Å². The average molecular weight is 195 g/mol. The summed E-state index contributed by atoms with van der Waals surface area (Å²) in [6, 6.07) is 5.39. The van der Waals surface area contributed by atoms with Crippen molar-refractivity contribution in [2.45, 2.75) is 18.2 Å². The van der Waals surface area contributed by atoms with Crippen LogP contribution < -0.4 is 0 Å². The molecule has 0 aromatic heterocycles. The lowest BCUT2D eigenvalue weighted by atomic mass is 10.1. The van der Waals surface area contributed by atoms with Crippen LogP contribution in [-0.4, -0.2) is 8.76 Å². The molecule has 0 saturated carbocycles. The summed E-state index contributed by atoms with van der Waals surface area (Å²) in [5, 5.41) is 0. The number of allylic oxidation sites excluding steroid dienone is 1. The lowest BCUT2D eigenvalue weighted by Gasteiger charge is -2.11. The zero-order chi connectivity index (χ0) is 9.84. The number of hydrogen-bond donors (Lipinski definition) is 0. The van der Waals surface area contributed by atoms with Gasteiger partial charge in [-0.2, -0.15) is 0 Å². The third kappa shape index (κ3) is 2.50. The smallest absolute Gasteiger partial charge is 0.0286 e. The zero-order valence-electron chi connectivity index (χ0n) is 7.45. The van der Waals surface area contributed by atoms with Crippen molar-refractivity contribution in [3.8, 4) is 0 Å². The lowest BCUT2D eigenvalue weighted by molar-refractivity contribution is 0.536. The number of rotatable bonds is 3. The van der Waals surface area contributed by atoms with Crippen molar-refractivity contribution in [1.82, 2.24) is 0 Å². The van der Waals surface area contributed by atoms with Gasteiger partial charge in [-0.05, 0) is 41.6 Å². The maximum atomic E-state index is 10.8. The Balaban J connectivity index is 3.17. The summed E-state index contributed by atoms with van der Waals surface area (Å²) in [5.41, 5.74) is 1.75. The molecule has 0 aliphatic carbocycles. The fraction of sp³-hybridized carbons (Fsp3) is 0.200. The van der Waals surface area contributed by atoms with Gasteiger partial charge in [0.15, 0.2) is 0 Å². The molecule has 0 heterocycles. The second-order valence-electron chi connectivity index (χ2n) is 2.84. The third-order valence-corrected chi connectivity index (χ3v) is 2.51. The van der Waals surface area contributed by atoms with E-state index in [0.717, 1.165) is 11.1 Å². The molecule has 0 radical (unpaired) electrons. The molecule has 1 aromatic rings. The Bertz CT molecular complexity index is 345. The van der Waals surface area contributed by atoms with Crippen LogP contribution in [0.3, 0.4) is 0 Å². The summed E-state index contributed by atoms with van der Waals surface area (Å²) in [6.45, 7) is 5.45. The van der Waals surface area contributed by atoms with Crippen LogP contribution in [0.25, 0.3) is 0 Å². The van der Waals surface area contributed by atoms with E-state index in [1.165, 1.54) is 0 Å². The molecule has 0 amide bonds. The Morgan fingerprint density at radius 1 is 1.62 bits per heavy atom. The molecule has 0 N–H and O–H groups in total. The van der Waals surface area contributed by atoms with Gasteiger partial charge in [-0.3, -0.25) is 4.21 Å². The molecule has 0 aliphatic rings. The first kappa shape index (κ1) is 10.2. The Hall–Kier alpha value is -0.930. The summed E-state index contributed by atoms with van der Waals surface area (Å²) in [4.78, 5) is 0.375. The summed E-state index contributed by atoms with van der Waals surface area (Å²) in [6.07, 6.45) is 2.28. The molecule has 70 valence electrons. The van der Waals surface area contributed by atoms with Gasteiger partial charge in [0.1, 0.15) is 0 Å². The molecule has 2 nitrogen and oxygen atoms in total. The SMILES string of the molecule is C=CCc1ccc(C)cc1S(=O)[O-]. The van der Waals surface area contributed by atoms with Crippen LogP contribution in [0.2, 0.25) is 0 Å². The van der Waals surface area contributed by atoms with Crippen molar-refractivity contribution in [1.29, 1.82) is 0 Å². The number of aryl methyl sites for hydroxylation is 1. The minimum Gasteiger partial charge on any atom is -0.768 e. The van der Waals surface area contributed by atoms with Crippen LogP contribution >= 0.6 is 0 Å². The van der Waals surface area contributed by atoms with Crippen molar-refractivity contribution in [3.63, 3.8) is 0 Å². The fourth-order valence-electron chi connectivity index (χ4n) is 1.14. The van der Waals surface area contributed by atoms with E-state index in [0.29, 0.717) is 11.3 Å². The van der Waals surface area contributed by atoms with Crippen molar-refractivity contribution in [2.24, 2.45) is 0 Å². The number of benzene rings is 1. The maximum absolute atomic E-state index is 10.8. The van der Waals surface area contributed by atoms with Gasteiger partial charge in [-0.15, -0.1) is 6.58 Å². The third-order valence-electron chi connectivity index (χ3n) is 1.77. The van der Waals surface area contributed by atoms with Gasteiger partial charge in [0, 0.05) is 4.90 Å².